The molecule has 3 nitrogen and oxygen atoms in total. The van der Waals surface area contributed by atoms with Crippen LogP contribution in [0.25, 0.3) is 0 Å². The van der Waals surface area contributed by atoms with Crippen LogP contribution in [0, 0.1) is 0 Å². The van der Waals surface area contributed by atoms with Crippen molar-refractivity contribution >= 4 is 17.4 Å². The lowest BCUT2D eigenvalue weighted by molar-refractivity contribution is -0.275. The first kappa shape index (κ1) is 14.6. The summed E-state index contributed by atoms with van der Waals surface area (Å²) in [5.41, 5.74) is -0.0337. The molecule has 0 aromatic heterocycles. The molecule has 0 aliphatic rings. The second-order valence-electron chi connectivity index (χ2n) is 3.17. The fourth-order valence-electron chi connectivity index (χ4n) is 1.31. The van der Waals surface area contributed by atoms with Gasteiger partial charge in [0.15, 0.2) is 17.3 Å². The van der Waals surface area contributed by atoms with Gasteiger partial charge >= 0.3 is 6.36 Å². The number of Topliss-reactive ketones (excluding diaryl/α,β-unsaturated/α-hetero) is 1. The van der Waals surface area contributed by atoms with Crippen LogP contribution < -0.4 is 9.47 Å². The molecule has 0 N–H and O–H groups in total. The number of carbonyl (C=O) groups is 1. The fourth-order valence-corrected chi connectivity index (χ4v) is 1.45. The van der Waals surface area contributed by atoms with E-state index in [2.05, 4.69) is 4.74 Å². The Balaban J connectivity index is 3.21. The van der Waals surface area contributed by atoms with Gasteiger partial charge in [0.05, 0.1) is 18.1 Å². The van der Waals surface area contributed by atoms with Crippen molar-refractivity contribution in [2.75, 3.05) is 12.5 Å². The van der Waals surface area contributed by atoms with Crippen LogP contribution in [0.1, 0.15) is 17.3 Å². The Labute approximate surface area is 106 Å². The van der Waals surface area contributed by atoms with Crippen LogP contribution >= 0.6 is 11.6 Å². The number of halogens is 4. The molecule has 1 rings (SSSR count). The lowest BCUT2D eigenvalue weighted by Crippen LogP contribution is -2.18. The Bertz CT molecular complexity index is 432. The van der Waals surface area contributed by atoms with Crippen LogP contribution in [0.4, 0.5) is 13.2 Å². The van der Waals surface area contributed by atoms with E-state index in [-0.39, 0.29) is 23.8 Å². The maximum Gasteiger partial charge on any atom is 0.573 e. The van der Waals surface area contributed by atoms with Gasteiger partial charge in [-0.15, -0.1) is 24.8 Å². The van der Waals surface area contributed by atoms with Gasteiger partial charge in [0.1, 0.15) is 0 Å². The van der Waals surface area contributed by atoms with E-state index in [0.717, 1.165) is 6.07 Å². The topological polar surface area (TPSA) is 35.5 Å². The molecule has 100 valence electrons. The number of alkyl halides is 4. The SMILES string of the molecule is CCOc1c(OC(F)(F)F)cccc1C(=O)CCl. The number of hydrogen-bond acceptors (Lipinski definition) is 3. The van der Waals surface area contributed by atoms with Crippen molar-refractivity contribution < 1.29 is 27.4 Å². The highest BCUT2D eigenvalue weighted by atomic mass is 35.5. The van der Waals surface area contributed by atoms with Gasteiger partial charge in [-0.2, -0.15) is 0 Å². The molecule has 0 atom stereocenters. The third-order valence-corrected chi connectivity index (χ3v) is 2.16. The molecule has 0 fully saturated rings. The zero-order valence-electron chi connectivity index (χ0n) is 9.38. The smallest absolute Gasteiger partial charge is 0.489 e. The molecule has 0 heterocycles. The zero-order chi connectivity index (χ0) is 13.8. The van der Waals surface area contributed by atoms with Crippen LogP contribution in [0.15, 0.2) is 18.2 Å². The molecule has 0 amide bonds. The lowest BCUT2D eigenvalue weighted by atomic mass is 10.1. The average molecular weight is 283 g/mol. The van der Waals surface area contributed by atoms with E-state index in [9.17, 15) is 18.0 Å². The van der Waals surface area contributed by atoms with Gasteiger partial charge in [-0.05, 0) is 19.1 Å². The summed E-state index contributed by atoms with van der Waals surface area (Å²) in [6.07, 6.45) is -4.85. The maximum absolute atomic E-state index is 12.2. The van der Waals surface area contributed by atoms with E-state index in [0.29, 0.717) is 0 Å². The first-order valence-corrected chi connectivity index (χ1v) is 5.53. The normalized spacial score (nSPS) is 11.2. The molecule has 0 radical (unpaired) electrons. The number of rotatable bonds is 5. The lowest BCUT2D eigenvalue weighted by Gasteiger charge is -2.15. The van der Waals surface area contributed by atoms with Crippen LogP contribution in [-0.2, 0) is 0 Å². The Hall–Kier alpha value is -1.43. The van der Waals surface area contributed by atoms with Gasteiger partial charge in [-0.1, -0.05) is 6.07 Å². The van der Waals surface area contributed by atoms with Crippen molar-refractivity contribution in [1.82, 2.24) is 0 Å². The number of para-hydroxylation sites is 1. The molecule has 7 heteroatoms. The number of ketones is 1. The second kappa shape index (κ2) is 5.95. The average Bonchev–Trinajstić information content (AvgIpc) is 2.28. The van der Waals surface area contributed by atoms with Gasteiger partial charge in [-0.3, -0.25) is 4.79 Å². The molecular weight excluding hydrogens is 273 g/mol. The van der Waals surface area contributed by atoms with Crippen LogP contribution in [0.5, 0.6) is 11.5 Å². The summed E-state index contributed by atoms with van der Waals surface area (Å²) >= 11 is 5.38. The molecule has 0 unspecified atom stereocenters. The molecule has 0 saturated heterocycles. The summed E-state index contributed by atoms with van der Waals surface area (Å²) in [6.45, 7) is 1.68. The van der Waals surface area contributed by atoms with Crippen LogP contribution in [-0.4, -0.2) is 24.6 Å². The van der Waals surface area contributed by atoms with Crippen molar-refractivity contribution in [3.8, 4) is 11.5 Å². The van der Waals surface area contributed by atoms with Crippen molar-refractivity contribution in [2.45, 2.75) is 13.3 Å². The van der Waals surface area contributed by atoms with E-state index < -0.39 is 17.9 Å². The Morgan fingerprint density at radius 1 is 1.39 bits per heavy atom. The fraction of sp³-hybridized carbons (Fsp3) is 0.364. The number of carbonyl (C=O) groups excluding carboxylic acids is 1. The van der Waals surface area contributed by atoms with Crippen LogP contribution in [0.3, 0.4) is 0 Å². The summed E-state index contributed by atoms with van der Waals surface area (Å²) in [7, 11) is 0. The molecule has 18 heavy (non-hydrogen) atoms. The van der Waals surface area contributed by atoms with Crippen molar-refractivity contribution in [3.63, 3.8) is 0 Å². The van der Waals surface area contributed by atoms with Crippen molar-refractivity contribution in [1.29, 1.82) is 0 Å². The Kier molecular flexibility index (Phi) is 4.84. The molecule has 0 saturated carbocycles. The first-order valence-electron chi connectivity index (χ1n) is 4.99. The van der Waals surface area contributed by atoms with Crippen molar-refractivity contribution in [2.24, 2.45) is 0 Å². The minimum Gasteiger partial charge on any atom is -0.489 e. The van der Waals surface area contributed by atoms with E-state index in [4.69, 9.17) is 16.3 Å². The minimum absolute atomic E-state index is 0.0337. The second-order valence-corrected chi connectivity index (χ2v) is 3.44. The maximum atomic E-state index is 12.2. The van der Waals surface area contributed by atoms with E-state index in [1.54, 1.807) is 6.92 Å². The molecular formula is C11H10ClF3O3. The van der Waals surface area contributed by atoms with Crippen LogP contribution in [0.2, 0.25) is 0 Å². The van der Waals surface area contributed by atoms with Gasteiger partial charge in [0.2, 0.25) is 0 Å². The summed E-state index contributed by atoms with van der Waals surface area (Å²) in [4.78, 5) is 11.5. The summed E-state index contributed by atoms with van der Waals surface area (Å²) < 4.78 is 45.4. The van der Waals surface area contributed by atoms with Gasteiger partial charge in [0, 0.05) is 0 Å². The van der Waals surface area contributed by atoms with E-state index >= 15 is 0 Å². The van der Waals surface area contributed by atoms with E-state index in [1.165, 1.54) is 12.1 Å². The molecule has 1 aromatic carbocycles. The largest absolute Gasteiger partial charge is 0.573 e. The number of ether oxygens (including phenoxy) is 2. The standard InChI is InChI=1S/C11H10ClF3O3/c1-2-17-10-7(8(16)6-12)4-3-5-9(10)18-11(13,14)15/h3-5H,2,6H2,1H3. The minimum atomic E-state index is -4.85. The highest BCUT2D eigenvalue weighted by molar-refractivity contribution is 6.30. The third kappa shape index (κ3) is 3.80. The van der Waals surface area contributed by atoms with Gasteiger partial charge < -0.3 is 9.47 Å². The Morgan fingerprint density at radius 3 is 2.56 bits per heavy atom. The highest BCUT2D eigenvalue weighted by Gasteiger charge is 2.33. The number of benzene rings is 1. The first-order chi connectivity index (χ1) is 8.39. The highest BCUT2D eigenvalue weighted by Crippen LogP contribution is 2.35. The predicted molar refractivity (Wildman–Crippen MR) is 59.3 cm³/mol. The third-order valence-electron chi connectivity index (χ3n) is 1.92. The van der Waals surface area contributed by atoms with E-state index in [1.807, 2.05) is 0 Å². The molecule has 0 aliphatic carbocycles. The molecule has 1 aromatic rings. The Morgan fingerprint density at radius 2 is 2.06 bits per heavy atom. The predicted octanol–water partition coefficient (Wildman–Crippen LogP) is 3.41. The van der Waals surface area contributed by atoms with Crippen molar-refractivity contribution in [3.05, 3.63) is 23.8 Å². The van der Waals surface area contributed by atoms with Gasteiger partial charge in [-0.25, -0.2) is 0 Å². The number of hydrogen-bond donors (Lipinski definition) is 0. The molecule has 0 spiro atoms. The quantitative estimate of drug-likeness (QED) is 0.613. The van der Waals surface area contributed by atoms with Gasteiger partial charge in [0.25, 0.3) is 0 Å². The summed E-state index contributed by atoms with van der Waals surface area (Å²) in [6, 6.07) is 3.67. The summed E-state index contributed by atoms with van der Waals surface area (Å²) in [5.74, 6) is -1.69. The monoisotopic (exact) mass is 282 g/mol. The molecule has 0 bridgehead atoms. The molecule has 0 aliphatic heterocycles. The summed E-state index contributed by atoms with van der Waals surface area (Å²) in [5, 5.41) is 0. The zero-order valence-corrected chi connectivity index (χ0v) is 10.1.